The van der Waals surface area contributed by atoms with Crippen molar-refractivity contribution in [3.05, 3.63) is 118 Å². The normalized spacial score (nSPS) is 11.8. The van der Waals surface area contributed by atoms with E-state index in [1.807, 2.05) is 37.3 Å². The van der Waals surface area contributed by atoms with Crippen LogP contribution in [0.4, 0.5) is 5.69 Å². The zero-order valence-corrected chi connectivity index (χ0v) is 28.7. The van der Waals surface area contributed by atoms with Gasteiger partial charge >= 0.3 is 0 Å². The van der Waals surface area contributed by atoms with E-state index in [1.54, 1.807) is 48.5 Å². The number of anilines is 1. The third kappa shape index (κ3) is 8.97. The predicted molar refractivity (Wildman–Crippen MR) is 185 cm³/mol. The Labute approximate surface area is 286 Å². The second kappa shape index (κ2) is 16.5. The number of nitrogens with one attached hydrogen (secondary N) is 1. The molecule has 0 unspecified atom stereocenters. The van der Waals surface area contributed by atoms with Crippen molar-refractivity contribution in [2.45, 2.75) is 37.2 Å². The van der Waals surface area contributed by atoms with Gasteiger partial charge in [-0.15, -0.1) is 0 Å². The van der Waals surface area contributed by atoms with Crippen LogP contribution in [-0.2, 0) is 32.6 Å². The molecule has 0 aromatic heterocycles. The second-order valence-electron chi connectivity index (χ2n) is 10.6. The standard InChI is InChI=1S/C35H37Cl2N3O6S/c1-4-19-38-35(42)32(20-25-11-7-5-8-12-25)39(23-26-15-16-27(36)21-30(26)37)34(41)24-40(47(43,44)29-13-9-6-10-14-29)31-22-28(45-2)17-18-33(31)46-3/h5-18,21-22,32H,4,19-20,23-24H2,1-3H3,(H,38,42)/t32-/m0/s1. The Morgan fingerprint density at radius 1 is 0.872 bits per heavy atom. The molecule has 4 aromatic rings. The van der Waals surface area contributed by atoms with Crippen molar-refractivity contribution in [2.24, 2.45) is 0 Å². The lowest BCUT2D eigenvalue weighted by molar-refractivity contribution is -0.140. The van der Waals surface area contributed by atoms with Gasteiger partial charge in [0.15, 0.2) is 0 Å². The Balaban J connectivity index is 1.87. The molecule has 4 rings (SSSR count). The molecule has 0 bridgehead atoms. The minimum atomic E-state index is -4.34. The monoisotopic (exact) mass is 697 g/mol. The Hall–Kier alpha value is -4.25. The van der Waals surface area contributed by atoms with Crippen LogP contribution in [0.25, 0.3) is 0 Å². The molecule has 47 heavy (non-hydrogen) atoms. The predicted octanol–water partition coefficient (Wildman–Crippen LogP) is 6.37. The molecule has 0 saturated heterocycles. The summed E-state index contributed by atoms with van der Waals surface area (Å²) in [5.74, 6) is -0.474. The Morgan fingerprint density at radius 3 is 2.17 bits per heavy atom. The number of carbonyl (C=O) groups excluding carboxylic acids is 2. The third-order valence-electron chi connectivity index (χ3n) is 7.44. The van der Waals surface area contributed by atoms with Crippen molar-refractivity contribution in [2.75, 3.05) is 31.6 Å². The largest absolute Gasteiger partial charge is 0.497 e. The van der Waals surface area contributed by atoms with Crippen LogP contribution < -0.4 is 19.1 Å². The zero-order chi connectivity index (χ0) is 34.0. The number of benzene rings is 4. The lowest BCUT2D eigenvalue weighted by atomic mass is 10.0. The lowest BCUT2D eigenvalue weighted by Gasteiger charge is -2.34. The molecule has 1 N–H and O–H groups in total. The minimum absolute atomic E-state index is 0.0357. The van der Waals surface area contributed by atoms with Crippen molar-refractivity contribution in [3.8, 4) is 11.5 Å². The van der Waals surface area contributed by atoms with Gasteiger partial charge in [-0.1, -0.05) is 84.7 Å². The first kappa shape index (κ1) is 35.6. The number of nitrogens with zero attached hydrogens (tertiary/aromatic N) is 2. The van der Waals surface area contributed by atoms with E-state index in [9.17, 15) is 18.0 Å². The summed E-state index contributed by atoms with van der Waals surface area (Å²) in [6.45, 7) is 1.55. The number of hydrogen-bond donors (Lipinski definition) is 1. The molecule has 0 aliphatic rings. The van der Waals surface area contributed by atoms with Crippen LogP contribution in [0.5, 0.6) is 11.5 Å². The maximum absolute atomic E-state index is 14.7. The van der Waals surface area contributed by atoms with Gasteiger partial charge in [-0.05, 0) is 53.9 Å². The van der Waals surface area contributed by atoms with Gasteiger partial charge in [0.1, 0.15) is 24.1 Å². The van der Waals surface area contributed by atoms with E-state index in [4.69, 9.17) is 32.7 Å². The second-order valence-corrected chi connectivity index (χ2v) is 13.3. The first-order chi connectivity index (χ1) is 22.6. The Morgan fingerprint density at radius 2 is 1.55 bits per heavy atom. The fourth-order valence-electron chi connectivity index (χ4n) is 4.98. The van der Waals surface area contributed by atoms with Crippen LogP contribution in [0.3, 0.4) is 0 Å². The van der Waals surface area contributed by atoms with Crippen molar-refractivity contribution < 1.29 is 27.5 Å². The van der Waals surface area contributed by atoms with Gasteiger partial charge in [-0.25, -0.2) is 8.42 Å². The van der Waals surface area contributed by atoms with E-state index in [-0.39, 0.29) is 35.2 Å². The van der Waals surface area contributed by atoms with E-state index in [2.05, 4.69) is 5.32 Å². The average Bonchev–Trinajstić information content (AvgIpc) is 3.08. The molecule has 1 atom stereocenters. The van der Waals surface area contributed by atoms with Gasteiger partial charge < -0.3 is 19.7 Å². The Kier molecular flexibility index (Phi) is 12.5. The molecule has 12 heteroatoms. The molecule has 0 spiro atoms. The first-order valence-corrected chi connectivity index (χ1v) is 17.1. The molecular formula is C35H37Cl2N3O6S. The molecular weight excluding hydrogens is 661 g/mol. The highest BCUT2D eigenvalue weighted by molar-refractivity contribution is 7.92. The highest BCUT2D eigenvalue weighted by Gasteiger charge is 2.36. The van der Waals surface area contributed by atoms with Gasteiger partial charge in [0.25, 0.3) is 10.0 Å². The highest BCUT2D eigenvalue weighted by Crippen LogP contribution is 2.36. The number of hydrogen-bond acceptors (Lipinski definition) is 6. The Bertz CT molecular complexity index is 1780. The van der Waals surface area contributed by atoms with Crippen LogP contribution in [0, 0.1) is 0 Å². The number of carbonyl (C=O) groups is 2. The van der Waals surface area contributed by atoms with E-state index < -0.39 is 28.5 Å². The molecule has 0 saturated carbocycles. The minimum Gasteiger partial charge on any atom is -0.497 e. The number of methoxy groups -OCH3 is 2. The molecule has 9 nitrogen and oxygen atoms in total. The SMILES string of the molecule is CCCNC(=O)[C@H](Cc1ccccc1)N(Cc1ccc(Cl)cc1Cl)C(=O)CN(c1cc(OC)ccc1OC)S(=O)(=O)c1ccccc1. The number of ether oxygens (including phenoxy) is 2. The van der Waals surface area contributed by atoms with Crippen molar-refractivity contribution in [3.63, 3.8) is 0 Å². The summed E-state index contributed by atoms with van der Waals surface area (Å²) in [5.41, 5.74) is 1.43. The molecule has 0 aliphatic carbocycles. The van der Waals surface area contributed by atoms with Crippen LogP contribution in [-0.4, -0.2) is 58.5 Å². The maximum Gasteiger partial charge on any atom is 0.264 e. The zero-order valence-electron chi connectivity index (χ0n) is 26.4. The summed E-state index contributed by atoms with van der Waals surface area (Å²) < 4.78 is 40.5. The molecule has 248 valence electrons. The smallest absolute Gasteiger partial charge is 0.264 e. The summed E-state index contributed by atoms with van der Waals surface area (Å²) in [5, 5.41) is 3.62. The molecule has 2 amide bonds. The topological polar surface area (TPSA) is 105 Å². The summed E-state index contributed by atoms with van der Waals surface area (Å²) in [4.78, 5) is 29.8. The number of amides is 2. The van der Waals surface area contributed by atoms with E-state index in [1.165, 1.54) is 37.3 Å². The van der Waals surface area contributed by atoms with Crippen LogP contribution in [0.15, 0.2) is 102 Å². The number of halogens is 2. The van der Waals surface area contributed by atoms with Crippen molar-refractivity contribution >= 4 is 50.7 Å². The highest BCUT2D eigenvalue weighted by atomic mass is 35.5. The van der Waals surface area contributed by atoms with Crippen LogP contribution in [0.2, 0.25) is 10.0 Å². The molecule has 0 fully saturated rings. The fraction of sp³-hybridized carbons (Fsp3) is 0.257. The first-order valence-electron chi connectivity index (χ1n) is 14.9. The fourth-order valence-corrected chi connectivity index (χ4v) is 6.88. The molecule has 0 heterocycles. The number of rotatable bonds is 15. The van der Waals surface area contributed by atoms with Crippen LogP contribution in [0.1, 0.15) is 24.5 Å². The lowest BCUT2D eigenvalue weighted by Crippen LogP contribution is -2.53. The summed E-state index contributed by atoms with van der Waals surface area (Å²) >= 11 is 12.7. The van der Waals surface area contributed by atoms with Gasteiger partial charge in [0.2, 0.25) is 11.8 Å². The molecule has 0 radical (unpaired) electrons. The third-order valence-corrected chi connectivity index (χ3v) is 9.80. The van der Waals surface area contributed by atoms with Gasteiger partial charge in [-0.3, -0.25) is 13.9 Å². The van der Waals surface area contributed by atoms with Crippen molar-refractivity contribution in [1.29, 1.82) is 0 Å². The van der Waals surface area contributed by atoms with Crippen molar-refractivity contribution in [1.82, 2.24) is 10.2 Å². The van der Waals surface area contributed by atoms with E-state index in [0.29, 0.717) is 34.3 Å². The number of sulfonamides is 1. The average molecular weight is 699 g/mol. The van der Waals surface area contributed by atoms with Gasteiger partial charge in [0, 0.05) is 35.6 Å². The van der Waals surface area contributed by atoms with Gasteiger partial charge in [-0.2, -0.15) is 0 Å². The summed E-state index contributed by atoms with van der Waals surface area (Å²) in [6, 6.07) is 25.6. The van der Waals surface area contributed by atoms with Crippen LogP contribution >= 0.6 is 23.2 Å². The summed E-state index contributed by atoms with van der Waals surface area (Å²) in [7, 11) is -1.48. The quantitative estimate of drug-likeness (QED) is 0.155. The van der Waals surface area contributed by atoms with E-state index >= 15 is 0 Å². The maximum atomic E-state index is 14.7. The summed E-state index contributed by atoms with van der Waals surface area (Å²) in [6.07, 6.45) is 0.848. The molecule has 0 aliphatic heterocycles. The molecule has 4 aromatic carbocycles. The van der Waals surface area contributed by atoms with E-state index in [0.717, 1.165) is 9.87 Å². The van der Waals surface area contributed by atoms with Gasteiger partial charge in [0.05, 0.1) is 24.8 Å².